The summed E-state index contributed by atoms with van der Waals surface area (Å²) in [4.78, 5) is 2.50. The zero-order valence-electron chi connectivity index (χ0n) is 15.7. The van der Waals surface area contributed by atoms with Crippen molar-refractivity contribution in [1.29, 1.82) is 0 Å². The molecule has 4 rings (SSSR count). The first-order valence-electron chi connectivity index (χ1n) is 9.28. The Morgan fingerprint density at radius 2 is 1.62 bits per heavy atom. The van der Waals surface area contributed by atoms with Crippen molar-refractivity contribution in [2.45, 2.75) is 33.4 Å². The molecule has 0 N–H and O–H groups in total. The van der Waals surface area contributed by atoms with Gasteiger partial charge in [0, 0.05) is 12.2 Å². The molecule has 0 radical (unpaired) electrons. The third kappa shape index (κ3) is 3.17. The zero-order valence-corrected chi connectivity index (χ0v) is 15.7. The van der Waals surface area contributed by atoms with Crippen molar-refractivity contribution in [2.24, 2.45) is 0 Å². The molecule has 1 aliphatic rings. The third-order valence-corrected chi connectivity index (χ3v) is 5.42. The molecular weight excluding hydrogens is 314 g/mol. The van der Waals surface area contributed by atoms with Crippen LogP contribution in [0.4, 0.5) is 5.69 Å². The predicted octanol–water partition coefficient (Wildman–Crippen LogP) is 6.39. The van der Waals surface area contributed by atoms with Crippen LogP contribution in [0.1, 0.15) is 39.4 Å². The summed E-state index contributed by atoms with van der Waals surface area (Å²) in [6, 6.07) is 24.6. The molecule has 0 bridgehead atoms. The van der Waals surface area contributed by atoms with Crippen molar-refractivity contribution >= 4 is 11.8 Å². The molecular formula is C25H25N. The van der Waals surface area contributed by atoms with Crippen molar-refractivity contribution in [3.63, 3.8) is 0 Å². The highest BCUT2D eigenvalue weighted by molar-refractivity contribution is 5.61. The van der Waals surface area contributed by atoms with Crippen molar-refractivity contribution in [2.75, 3.05) is 4.90 Å². The van der Waals surface area contributed by atoms with Gasteiger partial charge in [0.2, 0.25) is 0 Å². The largest absolute Gasteiger partial charge is 0.357 e. The van der Waals surface area contributed by atoms with Gasteiger partial charge in [0.25, 0.3) is 0 Å². The number of aryl methyl sites for hydroxylation is 3. The first kappa shape index (κ1) is 16.7. The molecule has 1 unspecified atom stereocenters. The Bertz CT molecular complexity index is 950. The van der Waals surface area contributed by atoms with Crippen LogP contribution < -0.4 is 4.90 Å². The highest BCUT2D eigenvalue weighted by atomic mass is 15.2. The van der Waals surface area contributed by atoms with E-state index in [0.29, 0.717) is 0 Å². The molecule has 0 saturated carbocycles. The molecule has 0 aromatic heterocycles. The second-order valence-corrected chi connectivity index (χ2v) is 7.31. The van der Waals surface area contributed by atoms with Gasteiger partial charge in [0.05, 0.1) is 6.04 Å². The molecule has 3 aromatic rings. The van der Waals surface area contributed by atoms with Gasteiger partial charge in [-0.3, -0.25) is 0 Å². The van der Waals surface area contributed by atoms with Crippen molar-refractivity contribution < 1.29 is 0 Å². The molecule has 0 amide bonds. The van der Waals surface area contributed by atoms with Crippen LogP contribution >= 0.6 is 0 Å². The van der Waals surface area contributed by atoms with Crippen LogP contribution in [-0.2, 0) is 6.54 Å². The van der Waals surface area contributed by atoms with Gasteiger partial charge < -0.3 is 4.90 Å². The molecule has 1 heteroatoms. The van der Waals surface area contributed by atoms with E-state index in [0.717, 1.165) is 6.54 Å². The van der Waals surface area contributed by atoms with E-state index < -0.39 is 0 Å². The Hall–Kier alpha value is -2.80. The number of benzene rings is 3. The smallest absolute Gasteiger partial charge is 0.0736 e. The van der Waals surface area contributed by atoms with Gasteiger partial charge >= 0.3 is 0 Å². The minimum atomic E-state index is 0.273. The van der Waals surface area contributed by atoms with Crippen LogP contribution in [0.15, 0.2) is 72.8 Å². The maximum atomic E-state index is 2.50. The molecule has 3 aromatic carbocycles. The second kappa shape index (κ2) is 6.84. The highest BCUT2D eigenvalue weighted by Crippen LogP contribution is 2.39. The van der Waals surface area contributed by atoms with E-state index in [1.165, 1.54) is 39.1 Å². The Balaban J connectivity index is 1.71. The lowest BCUT2D eigenvalue weighted by atomic mass is 10.0. The van der Waals surface area contributed by atoms with Crippen LogP contribution in [0.5, 0.6) is 0 Å². The summed E-state index contributed by atoms with van der Waals surface area (Å²) in [5.41, 5.74) is 9.36. The summed E-state index contributed by atoms with van der Waals surface area (Å²) < 4.78 is 0. The minimum absolute atomic E-state index is 0.273. The standard InChI is InChI=1S/C25H25N/c1-18-8-11-21(12-9-18)13-15-25-24-7-5-4-6-22(24)17-26(25)23-14-10-19(2)20(3)16-23/h4-16,25H,17H2,1-3H3/b15-13+. The van der Waals surface area contributed by atoms with E-state index in [2.05, 4.69) is 105 Å². The van der Waals surface area contributed by atoms with Crippen molar-refractivity contribution in [3.8, 4) is 0 Å². The molecule has 1 nitrogen and oxygen atoms in total. The Kier molecular flexibility index (Phi) is 4.38. The molecule has 26 heavy (non-hydrogen) atoms. The molecule has 1 heterocycles. The lowest BCUT2D eigenvalue weighted by molar-refractivity contribution is 0.795. The van der Waals surface area contributed by atoms with Crippen LogP contribution in [0.25, 0.3) is 6.08 Å². The highest BCUT2D eigenvalue weighted by Gasteiger charge is 2.28. The normalized spacial score (nSPS) is 16.3. The summed E-state index contributed by atoms with van der Waals surface area (Å²) in [7, 11) is 0. The maximum absolute atomic E-state index is 2.50. The first-order valence-corrected chi connectivity index (χ1v) is 9.28. The zero-order chi connectivity index (χ0) is 18.1. The number of rotatable bonds is 3. The van der Waals surface area contributed by atoms with Gasteiger partial charge in [0.1, 0.15) is 0 Å². The average Bonchev–Trinajstić information content (AvgIpc) is 3.02. The summed E-state index contributed by atoms with van der Waals surface area (Å²) in [6.45, 7) is 7.45. The molecule has 0 saturated heterocycles. The second-order valence-electron chi connectivity index (χ2n) is 7.31. The lowest BCUT2D eigenvalue weighted by Crippen LogP contribution is -2.20. The summed E-state index contributed by atoms with van der Waals surface area (Å²) in [5, 5.41) is 0. The van der Waals surface area contributed by atoms with Crippen LogP contribution in [0.2, 0.25) is 0 Å². The number of anilines is 1. The Labute approximate surface area is 156 Å². The van der Waals surface area contributed by atoms with Gasteiger partial charge in [-0.05, 0) is 60.7 Å². The summed E-state index contributed by atoms with van der Waals surface area (Å²) >= 11 is 0. The lowest BCUT2D eigenvalue weighted by Gasteiger charge is -2.26. The Morgan fingerprint density at radius 1 is 0.846 bits per heavy atom. The van der Waals surface area contributed by atoms with E-state index in [4.69, 9.17) is 0 Å². The predicted molar refractivity (Wildman–Crippen MR) is 111 cm³/mol. The van der Waals surface area contributed by atoms with Gasteiger partial charge in [-0.1, -0.05) is 72.3 Å². The molecule has 0 fully saturated rings. The SMILES string of the molecule is Cc1ccc(/C=C/C2c3ccccc3CN2c2ccc(C)c(C)c2)cc1. The van der Waals surface area contributed by atoms with E-state index >= 15 is 0 Å². The number of hydrogen-bond donors (Lipinski definition) is 0. The number of hydrogen-bond acceptors (Lipinski definition) is 1. The van der Waals surface area contributed by atoms with E-state index in [1.54, 1.807) is 0 Å². The van der Waals surface area contributed by atoms with Crippen LogP contribution in [0, 0.1) is 20.8 Å². The molecule has 1 aliphatic heterocycles. The van der Waals surface area contributed by atoms with Crippen LogP contribution in [-0.4, -0.2) is 0 Å². The Morgan fingerprint density at radius 3 is 2.38 bits per heavy atom. The molecule has 130 valence electrons. The monoisotopic (exact) mass is 339 g/mol. The quantitative estimate of drug-likeness (QED) is 0.534. The fourth-order valence-electron chi connectivity index (χ4n) is 3.66. The minimum Gasteiger partial charge on any atom is -0.357 e. The van der Waals surface area contributed by atoms with Crippen molar-refractivity contribution in [1.82, 2.24) is 0 Å². The van der Waals surface area contributed by atoms with Crippen LogP contribution in [0.3, 0.4) is 0 Å². The van der Waals surface area contributed by atoms with E-state index in [-0.39, 0.29) is 6.04 Å². The molecule has 1 atom stereocenters. The fourth-order valence-corrected chi connectivity index (χ4v) is 3.66. The topological polar surface area (TPSA) is 3.24 Å². The van der Waals surface area contributed by atoms with Crippen molar-refractivity contribution in [3.05, 3.63) is 106 Å². The average molecular weight is 339 g/mol. The summed E-state index contributed by atoms with van der Waals surface area (Å²) in [5.74, 6) is 0. The summed E-state index contributed by atoms with van der Waals surface area (Å²) in [6.07, 6.45) is 4.59. The van der Waals surface area contributed by atoms with E-state index in [1.807, 2.05) is 0 Å². The number of nitrogens with zero attached hydrogens (tertiary/aromatic N) is 1. The van der Waals surface area contributed by atoms with Gasteiger partial charge in [-0.25, -0.2) is 0 Å². The molecule has 0 aliphatic carbocycles. The van der Waals surface area contributed by atoms with Gasteiger partial charge in [-0.15, -0.1) is 0 Å². The number of fused-ring (bicyclic) bond motifs is 1. The molecule has 0 spiro atoms. The fraction of sp³-hybridized carbons (Fsp3) is 0.200. The van der Waals surface area contributed by atoms with Gasteiger partial charge in [0.15, 0.2) is 0 Å². The third-order valence-electron chi connectivity index (χ3n) is 5.42. The first-order chi connectivity index (χ1) is 12.6. The maximum Gasteiger partial charge on any atom is 0.0736 e. The van der Waals surface area contributed by atoms with E-state index in [9.17, 15) is 0 Å². The van der Waals surface area contributed by atoms with Gasteiger partial charge in [-0.2, -0.15) is 0 Å².